The van der Waals surface area contributed by atoms with Crippen molar-refractivity contribution in [2.24, 2.45) is 5.41 Å². The van der Waals surface area contributed by atoms with Gasteiger partial charge in [0.05, 0.1) is 23.3 Å². The molecule has 168 valence electrons. The minimum Gasteiger partial charge on any atom is -0.464 e. The standard InChI is InChI=1S/C24H26FN3O4/c1-10-9-13(25)17(16-15(10)12(3)26-23(16)31)27-18-19(21(30)20(18)29)28-22(24(4,5)6)14-8-7-11(2)32-14/h7-9,12,22,27-28H,1-6H3,(H,26,31)/t12?,22-/m0/s1. The van der Waals surface area contributed by atoms with Gasteiger partial charge in [0.15, 0.2) is 0 Å². The molecule has 2 atom stereocenters. The van der Waals surface area contributed by atoms with Gasteiger partial charge in [0.1, 0.15) is 28.7 Å². The summed E-state index contributed by atoms with van der Waals surface area (Å²) in [5, 5.41) is 8.64. The molecule has 4 rings (SSSR count). The number of halogens is 1. The summed E-state index contributed by atoms with van der Waals surface area (Å²) in [6, 6.07) is 4.25. The summed E-state index contributed by atoms with van der Waals surface area (Å²) in [5.41, 5.74) is -0.500. The lowest BCUT2D eigenvalue weighted by atomic mass is 9.84. The number of aryl methyl sites for hydroxylation is 2. The Bertz CT molecular complexity index is 1310. The number of hydrogen-bond acceptors (Lipinski definition) is 6. The summed E-state index contributed by atoms with van der Waals surface area (Å²) >= 11 is 0. The second kappa shape index (κ2) is 7.32. The van der Waals surface area contributed by atoms with E-state index in [2.05, 4.69) is 16.0 Å². The van der Waals surface area contributed by atoms with Gasteiger partial charge in [-0.2, -0.15) is 0 Å². The maximum atomic E-state index is 14.9. The molecule has 2 heterocycles. The average molecular weight is 439 g/mol. The summed E-state index contributed by atoms with van der Waals surface area (Å²) in [5.74, 6) is 0.240. The van der Waals surface area contributed by atoms with Crippen molar-refractivity contribution in [2.75, 3.05) is 10.6 Å². The van der Waals surface area contributed by atoms with E-state index in [1.165, 1.54) is 6.07 Å². The third-order valence-electron chi connectivity index (χ3n) is 5.89. The van der Waals surface area contributed by atoms with Crippen LogP contribution in [0.3, 0.4) is 0 Å². The van der Waals surface area contributed by atoms with Crippen LogP contribution in [0.15, 0.2) is 32.2 Å². The summed E-state index contributed by atoms with van der Waals surface area (Å²) in [7, 11) is 0. The van der Waals surface area contributed by atoms with Gasteiger partial charge in [0.2, 0.25) is 0 Å². The molecule has 1 aromatic heterocycles. The van der Waals surface area contributed by atoms with Gasteiger partial charge in [-0.25, -0.2) is 4.39 Å². The quantitative estimate of drug-likeness (QED) is 0.510. The van der Waals surface area contributed by atoms with Gasteiger partial charge >= 0.3 is 0 Å². The summed E-state index contributed by atoms with van der Waals surface area (Å²) in [6.07, 6.45) is 0. The number of amides is 1. The highest BCUT2D eigenvalue weighted by molar-refractivity contribution is 6.05. The molecule has 3 N–H and O–H groups in total. The Morgan fingerprint density at radius 2 is 1.72 bits per heavy atom. The van der Waals surface area contributed by atoms with E-state index in [4.69, 9.17) is 4.42 Å². The molecule has 8 heteroatoms. The Morgan fingerprint density at radius 3 is 2.31 bits per heavy atom. The average Bonchev–Trinajstić information content (AvgIpc) is 3.24. The van der Waals surface area contributed by atoms with Crippen LogP contribution in [0, 0.1) is 25.1 Å². The summed E-state index contributed by atoms with van der Waals surface area (Å²) in [4.78, 5) is 37.4. The van der Waals surface area contributed by atoms with Crippen molar-refractivity contribution in [1.82, 2.24) is 5.32 Å². The van der Waals surface area contributed by atoms with E-state index in [0.717, 1.165) is 5.76 Å². The van der Waals surface area contributed by atoms with Crippen molar-refractivity contribution in [3.8, 4) is 0 Å². The molecule has 0 saturated carbocycles. The number of hydrogen-bond donors (Lipinski definition) is 3. The maximum absolute atomic E-state index is 14.9. The van der Waals surface area contributed by atoms with E-state index < -0.39 is 28.6 Å². The molecule has 1 amide bonds. The fourth-order valence-corrected chi connectivity index (χ4v) is 4.29. The predicted molar refractivity (Wildman–Crippen MR) is 121 cm³/mol. The predicted octanol–water partition coefficient (Wildman–Crippen LogP) is 4.38. The highest BCUT2D eigenvalue weighted by Gasteiger charge is 2.36. The number of fused-ring (bicyclic) bond motifs is 1. The first kappa shape index (κ1) is 21.8. The monoisotopic (exact) mass is 439 g/mol. The van der Waals surface area contributed by atoms with Gasteiger partial charge in [-0.15, -0.1) is 0 Å². The zero-order valence-electron chi connectivity index (χ0n) is 18.9. The van der Waals surface area contributed by atoms with Gasteiger partial charge in [-0.3, -0.25) is 14.4 Å². The van der Waals surface area contributed by atoms with Crippen LogP contribution in [-0.2, 0) is 0 Å². The Balaban J connectivity index is 1.75. The molecule has 0 fully saturated rings. The minimum absolute atomic E-state index is 0.0455. The van der Waals surface area contributed by atoms with E-state index >= 15 is 0 Å². The van der Waals surface area contributed by atoms with Gasteiger partial charge in [0, 0.05) is 0 Å². The van der Waals surface area contributed by atoms with Gasteiger partial charge in [-0.1, -0.05) is 20.8 Å². The topological polar surface area (TPSA) is 100 Å². The number of carbonyl (C=O) groups is 1. The Morgan fingerprint density at radius 1 is 1.06 bits per heavy atom. The zero-order chi connectivity index (χ0) is 23.5. The van der Waals surface area contributed by atoms with E-state index in [1.807, 2.05) is 46.8 Å². The molecular formula is C24H26FN3O4. The molecule has 0 radical (unpaired) electrons. The number of furan rings is 1. The van der Waals surface area contributed by atoms with Crippen molar-refractivity contribution < 1.29 is 13.6 Å². The van der Waals surface area contributed by atoms with Gasteiger partial charge in [0.25, 0.3) is 16.8 Å². The van der Waals surface area contributed by atoms with Crippen LogP contribution >= 0.6 is 0 Å². The first-order valence-electron chi connectivity index (χ1n) is 10.5. The largest absolute Gasteiger partial charge is 0.464 e. The first-order valence-corrected chi connectivity index (χ1v) is 10.5. The first-order chi connectivity index (χ1) is 14.9. The lowest BCUT2D eigenvalue weighted by molar-refractivity contribution is 0.0959. The van der Waals surface area contributed by atoms with Crippen LogP contribution in [0.5, 0.6) is 0 Å². The van der Waals surface area contributed by atoms with E-state index in [0.29, 0.717) is 16.9 Å². The molecule has 2 aromatic carbocycles. The van der Waals surface area contributed by atoms with Crippen LogP contribution in [0.2, 0.25) is 0 Å². The normalized spacial score (nSPS) is 16.7. The summed E-state index contributed by atoms with van der Waals surface area (Å²) < 4.78 is 20.7. The van der Waals surface area contributed by atoms with Crippen LogP contribution in [-0.4, -0.2) is 5.91 Å². The second-order valence-electron chi connectivity index (χ2n) is 9.46. The van der Waals surface area contributed by atoms with Crippen molar-refractivity contribution in [3.63, 3.8) is 0 Å². The highest BCUT2D eigenvalue weighted by atomic mass is 19.1. The van der Waals surface area contributed by atoms with Crippen molar-refractivity contribution >= 4 is 23.0 Å². The maximum Gasteiger partial charge on any atom is 0.254 e. The van der Waals surface area contributed by atoms with E-state index in [1.54, 1.807) is 6.92 Å². The number of carbonyl (C=O) groups excluding carboxylic acids is 1. The number of anilines is 3. The van der Waals surface area contributed by atoms with Crippen molar-refractivity contribution in [2.45, 2.75) is 53.6 Å². The lowest BCUT2D eigenvalue weighted by Crippen LogP contribution is -2.39. The SMILES string of the molecule is Cc1ccc([C@H](Nc2c(Nc3c(F)cc(C)c4c3C(=O)NC4C)c(=O)c2=O)C(C)(C)C)o1. The van der Waals surface area contributed by atoms with Crippen molar-refractivity contribution in [1.29, 1.82) is 0 Å². The zero-order valence-corrected chi connectivity index (χ0v) is 18.9. The third-order valence-corrected chi connectivity index (χ3v) is 5.89. The Hall–Kier alpha value is -3.42. The molecule has 0 spiro atoms. The fourth-order valence-electron chi connectivity index (χ4n) is 4.29. The number of nitrogens with one attached hydrogen (secondary N) is 3. The Labute approximate surface area is 184 Å². The van der Waals surface area contributed by atoms with Crippen LogP contribution in [0.25, 0.3) is 0 Å². The molecule has 1 aliphatic rings. The molecule has 32 heavy (non-hydrogen) atoms. The number of benzene rings is 1. The van der Waals surface area contributed by atoms with Crippen LogP contribution in [0.1, 0.15) is 72.8 Å². The fraction of sp³-hybridized carbons (Fsp3) is 0.375. The molecule has 0 bridgehead atoms. The highest BCUT2D eigenvalue weighted by Crippen LogP contribution is 2.40. The molecule has 7 nitrogen and oxygen atoms in total. The lowest BCUT2D eigenvalue weighted by Gasteiger charge is -2.31. The van der Waals surface area contributed by atoms with E-state index in [9.17, 15) is 18.8 Å². The van der Waals surface area contributed by atoms with Gasteiger partial charge < -0.3 is 20.4 Å². The van der Waals surface area contributed by atoms with Crippen LogP contribution in [0.4, 0.5) is 21.5 Å². The molecular weight excluding hydrogens is 413 g/mol. The minimum atomic E-state index is -0.768. The smallest absolute Gasteiger partial charge is 0.254 e. The molecule has 3 aromatic rings. The third kappa shape index (κ3) is 3.39. The molecule has 0 saturated heterocycles. The molecule has 1 unspecified atom stereocenters. The number of rotatable bonds is 5. The second-order valence-corrected chi connectivity index (χ2v) is 9.46. The molecule has 1 aliphatic heterocycles. The van der Waals surface area contributed by atoms with E-state index in [-0.39, 0.29) is 34.1 Å². The molecule has 0 aliphatic carbocycles. The Kier molecular flexibility index (Phi) is 4.99. The van der Waals surface area contributed by atoms with Gasteiger partial charge in [-0.05, 0) is 55.5 Å². The van der Waals surface area contributed by atoms with Crippen LogP contribution < -0.4 is 26.8 Å². The van der Waals surface area contributed by atoms with Crippen molar-refractivity contribution in [3.05, 3.63) is 72.7 Å². The summed E-state index contributed by atoms with van der Waals surface area (Å²) in [6.45, 7) is 11.3.